The van der Waals surface area contributed by atoms with Gasteiger partial charge in [0.05, 0.1) is 24.6 Å². The van der Waals surface area contributed by atoms with E-state index in [-0.39, 0.29) is 18.6 Å². The number of carbonyl (C=O) groups excluding carboxylic acids is 2. The number of primary amides is 1. The zero-order valence-electron chi connectivity index (χ0n) is 12.6. The summed E-state index contributed by atoms with van der Waals surface area (Å²) in [5, 5.41) is 2.75. The van der Waals surface area contributed by atoms with Crippen LogP contribution in [0, 0.1) is 0 Å². The van der Waals surface area contributed by atoms with E-state index in [4.69, 9.17) is 16.2 Å². The maximum atomic E-state index is 11.8. The van der Waals surface area contributed by atoms with Gasteiger partial charge in [0.1, 0.15) is 5.75 Å². The lowest BCUT2D eigenvalue weighted by Crippen LogP contribution is -2.43. The third kappa shape index (κ3) is 5.83. The topological polar surface area (TPSA) is 107 Å². The number of amides is 2. The second-order valence-corrected chi connectivity index (χ2v) is 5.24. The van der Waals surface area contributed by atoms with E-state index in [9.17, 15) is 9.59 Å². The zero-order valence-corrected chi connectivity index (χ0v) is 12.6. The van der Waals surface area contributed by atoms with Crippen molar-refractivity contribution in [2.75, 3.05) is 0 Å². The van der Waals surface area contributed by atoms with Crippen molar-refractivity contribution in [3.8, 4) is 5.75 Å². The third-order valence-corrected chi connectivity index (χ3v) is 2.87. The van der Waals surface area contributed by atoms with Gasteiger partial charge in [0.15, 0.2) is 0 Å². The van der Waals surface area contributed by atoms with Crippen LogP contribution in [0.2, 0.25) is 0 Å². The summed E-state index contributed by atoms with van der Waals surface area (Å²) in [6.07, 6.45) is -0.0560. The molecular weight excluding hydrogens is 270 g/mol. The van der Waals surface area contributed by atoms with Crippen molar-refractivity contribution < 1.29 is 14.3 Å². The standard InChI is InChI=1S/C15H23N3O3/c1-9(2)21-12-6-4-11(5-7-12)10(3)18-15(20)13(16)8-14(17)19/h4-7,9-10,13H,8,16H2,1-3H3,(H2,17,19)(H,18,20). The average molecular weight is 293 g/mol. The summed E-state index contributed by atoms with van der Waals surface area (Å²) in [5.41, 5.74) is 11.5. The molecule has 0 saturated carbocycles. The van der Waals surface area contributed by atoms with Crippen molar-refractivity contribution >= 4 is 11.8 Å². The molecule has 0 aliphatic heterocycles. The van der Waals surface area contributed by atoms with Gasteiger partial charge in [-0.25, -0.2) is 0 Å². The molecule has 1 aromatic carbocycles. The van der Waals surface area contributed by atoms with E-state index < -0.39 is 17.9 Å². The molecule has 1 rings (SSSR count). The van der Waals surface area contributed by atoms with Crippen molar-refractivity contribution in [3.63, 3.8) is 0 Å². The number of nitrogens with one attached hydrogen (secondary N) is 1. The summed E-state index contributed by atoms with van der Waals surface area (Å²) < 4.78 is 5.55. The highest BCUT2D eigenvalue weighted by atomic mass is 16.5. The smallest absolute Gasteiger partial charge is 0.237 e. The summed E-state index contributed by atoms with van der Waals surface area (Å²) in [5.74, 6) is -0.220. The zero-order chi connectivity index (χ0) is 16.0. The maximum Gasteiger partial charge on any atom is 0.237 e. The number of carbonyl (C=O) groups is 2. The molecule has 116 valence electrons. The Morgan fingerprint density at radius 3 is 2.24 bits per heavy atom. The first-order valence-corrected chi connectivity index (χ1v) is 6.90. The molecule has 0 aromatic heterocycles. The minimum absolute atomic E-state index is 0.111. The molecule has 0 spiro atoms. The molecule has 2 amide bonds. The van der Waals surface area contributed by atoms with E-state index in [1.165, 1.54) is 0 Å². The van der Waals surface area contributed by atoms with Crippen LogP contribution in [-0.2, 0) is 9.59 Å². The SMILES string of the molecule is CC(C)Oc1ccc(C(C)NC(=O)C(N)CC(N)=O)cc1. The molecule has 6 heteroatoms. The van der Waals surface area contributed by atoms with Crippen molar-refractivity contribution in [2.24, 2.45) is 11.5 Å². The lowest BCUT2D eigenvalue weighted by molar-refractivity contribution is -0.126. The van der Waals surface area contributed by atoms with E-state index >= 15 is 0 Å². The summed E-state index contributed by atoms with van der Waals surface area (Å²) in [4.78, 5) is 22.5. The normalized spacial score (nSPS) is 13.6. The Bertz CT molecular complexity index is 485. The van der Waals surface area contributed by atoms with Crippen LogP contribution < -0.4 is 21.5 Å². The number of rotatable bonds is 7. The predicted molar refractivity (Wildman–Crippen MR) is 80.6 cm³/mol. The Morgan fingerprint density at radius 2 is 1.76 bits per heavy atom. The largest absolute Gasteiger partial charge is 0.491 e. The number of hydrogen-bond donors (Lipinski definition) is 3. The summed E-state index contributed by atoms with van der Waals surface area (Å²) in [6, 6.07) is 6.31. The van der Waals surface area contributed by atoms with Gasteiger partial charge in [0.2, 0.25) is 11.8 Å². The first-order chi connectivity index (χ1) is 9.79. The fraction of sp³-hybridized carbons (Fsp3) is 0.467. The van der Waals surface area contributed by atoms with Crippen molar-refractivity contribution in [2.45, 2.75) is 45.4 Å². The van der Waals surface area contributed by atoms with E-state index in [0.29, 0.717) is 0 Å². The molecule has 0 saturated heterocycles. The van der Waals surface area contributed by atoms with Gasteiger partial charge in [-0.2, -0.15) is 0 Å². The van der Waals surface area contributed by atoms with Crippen LogP contribution in [0.3, 0.4) is 0 Å². The van der Waals surface area contributed by atoms with Gasteiger partial charge in [-0.3, -0.25) is 9.59 Å². The number of benzene rings is 1. The fourth-order valence-electron chi connectivity index (χ4n) is 1.82. The molecule has 5 N–H and O–H groups in total. The molecule has 0 bridgehead atoms. The Balaban J connectivity index is 2.60. The highest BCUT2D eigenvalue weighted by molar-refractivity contribution is 5.87. The van der Waals surface area contributed by atoms with E-state index in [2.05, 4.69) is 5.32 Å². The predicted octanol–water partition coefficient (Wildman–Crippen LogP) is 0.854. The Labute approximate surface area is 124 Å². The van der Waals surface area contributed by atoms with Crippen molar-refractivity contribution in [1.82, 2.24) is 5.32 Å². The molecule has 2 unspecified atom stereocenters. The summed E-state index contributed by atoms with van der Waals surface area (Å²) in [7, 11) is 0. The molecule has 0 fully saturated rings. The van der Waals surface area contributed by atoms with Crippen molar-refractivity contribution in [3.05, 3.63) is 29.8 Å². The van der Waals surface area contributed by atoms with Crippen LogP contribution in [0.25, 0.3) is 0 Å². The van der Waals surface area contributed by atoms with Gasteiger partial charge in [-0.05, 0) is 38.5 Å². The lowest BCUT2D eigenvalue weighted by Gasteiger charge is -2.18. The Kier molecular flexibility index (Phi) is 6.17. The monoisotopic (exact) mass is 293 g/mol. The van der Waals surface area contributed by atoms with Gasteiger partial charge in [-0.15, -0.1) is 0 Å². The van der Waals surface area contributed by atoms with Crippen molar-refractivity contribution in [1.29, 1.82) is 0 Å². The molecule has 21 heavy (non-hydrogen) atoms. The van der Waals surface area contributed by atoms with Gasteiger partial charge >= 0.3 is 0 Å². The minimum Gasteiger partial charge on any atom is -0.491 e. The molecule has 0 heterocycles. The first kappa shape index (κ1) is 17.0. The highest BCUT2D eigenvalue weighted by Crippen LogP contribution is 2.18. The van der Waals surface area contributed by atoms with E-state index in [0.717, 1.165) is 11.3 Å². The molecule has 6 nitrogen and oxygen atoms in total. The Hall–Kier alpha value is -2.08. The van der Waals surface area contributed by atoms with Gasteiger partial charge in [-0.1, -0.05) is 12.1 Å². The minimum atomic E-state index is -0.923. The van der Waals surface area contributed by atoms with E-state index in [1.807, 2.05) is 45.0 Å². The molecule has 0 aliphatic rings. The van der Waals surface area contributed by atoms with Gasteiger partial charge in [0.25, 0.3) is 0 Å². The van der Waals surface area contributed by atoms with Crippen LogP contribution in [0.1, 0.15) is 38.8 Å². The summed E-state index contributed by atoms with van der Waals surface area (Å²) >= 11 is 0. The second kappa shape index (κ2) is 7.64. The van der Waals surface area contributed by atoms with Crippen LogP contribution >= 0.6 is 0 Å². The maximum absolute atomic E-state index is 11.8. The number of nitrogens with two attached hydrogens (primary N) is 2. The average Bonchev–Trinajstić information content (AvgIpc) is 2.37. The van der Waals surface area contributed by atoms with E-state index in [1.54, 1.807) is 0 Å². The molecule has 1 aromatic rings. The highest BCUT2D eigenvalue weighted by Gasteiger charge is 2.18. The van der Waals surface area contributed by atoms with Crippen LogP contribution in [-0.4, -0.2) is 24.0 Å². The lowest BCUT2D eigenvalue weighted by atomic mass is 10.1. The van der Waals surface area contributed by atoms with Crippen LogP contribution in [0.4, 0.5) is 0 Å². The second-order valence-electron chi connectivity index (χ2n) is 5.24. The third-order valence-electron chi connectivity index (χ3n) is 2.87. The van der Waals surface area contributed by atoms with Gasteiger partial charge in [0, 0.05) is 0 Å². The van der Waals surface area contributed by atoms with Crippen LogP contribution in [0.15, 0.2) is 24.3 Å². The molecule has 0 radical (unpaired) electrons. The molecule has 0 aliphatic carbocycles. The van der Waals surface area contributed by atoms with Gasteiger partial charge < -0.3 is 21.5 Å². The summed E-state index contributed by atoms with van der Waals surface area (Å²) in [6.45, 7) is 5.75. The molecular formula is C15H23N3O3. The number of hydrogen-bond acceptors (Lipinski definition) is 4. The number of ether oxygens (including phenoxy) is 1. The first-order valence-electron chi connectivity index (χ1n) is 6.90. The van der Waals surface area contributed by atoms with Crippen LogP contribution in [0.5, 0.6) is 5.75 Å². The molecule has 2 atom stereocenters. The quantitative estimate of drug-likeness (QED) is 0.692. The fourth-order valence-corrected chi connectivity index (χ4v) is 1.82. The Morgan fingerprint density at radius 1 is 1.19 bits per heavy atom.